The van der Waals surface area contributed by atoms with Crippen LogP contribution in [0.3, 0.4) is 0 Å². The van der Waals surface area contributed by atoms with Crippen LogP contribution in [0.5, 0.6) is 11.5 Å². The molecule has 0 radical (unpaired) electrons. The van der Waals surface area contributed by atoms with Crippen molar-refractivity contribution in [3.05, 3.63) is 27.8 Å². The first kappa shape index (κ1) is 16.0. The van der Waals surface area contributed by atoms with E-state index in [1.807, 2.05) is 0 Å². The Labute approximate surface area is 134 Å². The molecule has 1 fully saturated rings. The number of fused-ring (bicyclic) bond motifs is 1. The predicted octanol–water partition coefficient (Wildman–Crippen LogP) is 1.00. The summed E-state index contributed by atoms with van der Waals surface area (Å²) in [6.07, 6.45) is -0.369. The minimum absolute atomic E-state index is 0.146. The van der Waals surface area contributed by atoms with Gasteiger partial charge in [0.2, 0.25) is 5.67 Å². The third-order valence-corrected chi connectivity index (χ3v) is 3.98. The molecule has 2 aliphatic rings. The van der Waals surface area contributed by atoms with Crippen molar-refractivity contribution in [2.75, 3.05) is 26.3 Å². The number of amides is 1. The van der Waals surface area contributed by atoms with Gasteiger partial charge in [-0.15, -0.1) is 0 Å². The average Bonchev–Trinajstić information content (AvgIpc) is 2.96. The summed E-state index contributed by atoms with van der Waals surface area (Å²) in [4.78, 5) is 34.9. The molecule has 1 atom stereocenters. The Morgan fingerprint density at radius 2 is 1.92 bits per heavy atom. The van der Waals surface area contributed by atoms with E-state index in [9.17, 15) is 24.1 Å². The number of hydrogen-bond donors (Lipinski definition) is 1. The summed E-state index contributed by atoms with van der Waals surface area (Å²) >= 11 is 0. The van der Waals surface area contributed by atoms with Crippen molar-refractivity contribution >= 4 is 17.6 Å². The van der Waals surface area contributed by atoms with Crippen LogP contribution >= 0.6 is 0 Å². The molecule has 2 aliphatic heterocycles. The molecule has 0 saturated carbocycles. The van der Waals surface area contributed by atoms with Gasteiger partial charge in [-0.1, -0.05) is 0 Å². The highest BCUT2D eigenvalue weighted by atomic mass is 19.1. The van der Waals surface area contributed by atoms with E-state index < -0.39 is 34.7 Å². The number of nitro groups is 1. The van der Waals surface area contributed by atoms with Gasteiger partial charge in [-0.05, 0) is 0 Å². The van der Waals surface area contributed by atoms with Crippen molar-refractivity contribution in [3.63, 3.8) is 0 Å². The Hall–Kier alpha value is -2.91. The summed E-state index contributed by atoms with van der Waals surface area (Å²) in [5.41, 5.74) is -3.34. The second-order valence-corrected chi connectivity index (χ2v) is 5.52. The maximum absolute atomic E-state index is 14.1. The van der Waals surface area contributed by atoms with Gasteiger partial charge in [0.25, 0.3) is 11.6 Å². The third kappa shape index (κ3) is 2.59. The van der Waals surface area contributed by atoms with Crippen molar-refractivity contribution in [3.8, 4) is 11.5 Å². The normalized spacial score (nSPS) is 22.3. The van der Waals surface area contributed by atoms with Crippen LogP contribution in [0, 0.1) is 10.1 Å². The molecule has 1 aromatic rings. The van der Waals surface area contributed by atoms with Gasteiger partial charge in [-0.2, -0.15) is 0 Å². The van der Waals surface area contributed by atoms with E-state index in [1.54, 1.807) is 0 Å². The van der Waals surface area contributed by atoms with E-state index >= 15 is 0 Å². The number of aliphatic carboxylic acids is 1. The maximum atomic E-state index is 14.1. The fraction of sp³-hybridized carbons (Fsp3) is 0.429. The zero-order chi connectivity index (χ0) is 17.5. The summed E-state index contributed by atoms with van der Waals surface area (Å²) in [6, 6.07) is 2.26. The summed E-state index contributed by atoms with van der Waals surface area (Å²) in [5, 5.41) is 20.1. The van der Waals surface area contributed by atoms with Crippen LogP contribution in [0.1, 0.15) is 16.8 Å². The first-order valence-electron chi connectivity index (χ1n) is 7.11. The lowest BCUT2D eigenvalue weighted by Crippen LogP contribution is -2.39. The number of carboxylic acids is 1. The van der Waals surface area contributed by atoms with Gasteiger partial charge < -0.3 is 19.5 Å². The molecule has 1 saturated heterocycles. The maximum Gasteiger partial charge on any atom is 0.343 e. The molecule has 128 valence electrons. The van der Waals surface area contributed by atoms with Crippen LogP contribution in [-0.2, 0) is 4.79 Å². The molecule has 1 unspecified atom stereocenters. The van der Waals surface area contributed by atoms with E-state index in [0.717, 1.165) is 11.0 Å². The largest absolute Gasteiger partial charge is 0.486 e. The lowest BCUT2D eigenvalue weighted by Gasteiger charge is -2.21. The highest BCUT2D eigenvalue weighted by Gasteiger charge is 2.47. The minimum atomic E-state index is -2.54. The Bertz CT molecular complexity index is 738. The monoisotopic (exact) mass is 340 g/mol. The van der Waals surface area contributed by atoms with Gasteiger partial charge in [-0.3, -0.25) is 14.9 Å². The summed E-state index contributed by atoms with van der Waals surface area (Å²) < 4.78 is 24.7. The highest BCUT2D eigenvalue weighted by Crippen LogP contribution is 2.38. The fourth-order valence-electron chi connectivity index (χ4n) is 2.69. The van der Waals surface area contributed by atoms with Crippen molar-refractivity contribution in [1.29, 1.82) is 0 Å². The molecule has 0 aromatic heterocycles. The molecule has 1 N–H and O–H groups in total. The number of nitrogens with zero attached hydrogens (tertiary/aromatic N) is 2. The molecular weight excluding hydrogens is 327 g/mol. The summed E-state index contributed by atoms with van der Waals surface area (Å²) in [7, 11) is 0. The summed E-state index contributed by atoms with van der Waals surface area (Å²) in [6.45, 7) is -0.346. The number of carbonyl (C=O) groups is 2. The number of ether oxygens (including phenoxy) is 2. The molecule has 2 heterocycles. The molecule has 0 bridgehead atoms. The number of alkyl halides is 1. The Morgan fingerprint density at radius 1 is 1.29 bits per heavy atom. The first-order valence-corrected chi connectivity index (χ1v) is 7.11. The van der Waals surface area contributed by atoms with Crippen molar-refractivity contribution < 1.29 is 33.5 Å². The van der Waals surface area contributed by atoms with Crippen LogP contribution in [0.4, 0.5) is 10.1 Å². The van der Waals surface area contributed by atoms with E-state index in [4.69, 9.17) is 14.6 Å². The average molecular weight is 340 g/mol. The Kier molecular flexibility index (Phi) is 3.74. The van der Waals surface area contributed by atoms with E-state index in [-0.39, 0.29) is 43.2 Å². The lowest BCUT2D eigenvalue weighted by atomic mass is 10.1. The van der Waals surface area contributed by atoms with Gasteiger partial charge in [0.1, 0.15) is 18.8 Å². The second-order valence-electron chi connectivity index (χ2n) is 5.52. The van der Waals surface area contributed by atoms with Crippen LogP contribution in [0.2, 0.25) is 0 Å². The number of halogens is 1. The van der Waals surface area contributed by atoms with Crippen LogP contribution in [0.15, 0.2) is 12.1 Å². The molecule has 1 aromatic carbocycles. The molecule has 10 heteroatoms. The zero-order valence-electron chi connectivity index (χ0n) is 12.4. The molecule has 3 rings (SSSR count). The predicted molar refractivity (Wildman–Crippen MR) is 76.1 cm³/mol. The quantitative estimate of drug-likeness (QED) is 0.644. The number of carboxylic acid groups (broad SMARTS) is 1. The van der Waals surface area contributed by atoms with Crippen LogP contribution in [0.25, 0.3) is 0 Å². The van der Waals surface area contributed by atoms with Gasteiger partial charge in [0.05, 0.1) is 17.5 Å². The third-order valence-electron chi connectivity index (χ3n) is 3.98. The number of hydrogen-bond acceptors (Lipinski definition) is 6. The van der Waals surface area contributed by atoms with Gasteiger partial charge in [0, 0.05) is 19.0 Å². The van der Waals surface area contributed by atoms with Crippen LogP contribution < -0.4 is 9.47 Å². The van der Waals surface area contributed by atoms with Crippen molar-refractivity contribution in [1.82, 2.24) is 4.90 Å². The molecule has 0 spiro atoms. The number of nitro benzene ring substituents is 1. The van der Waals surface area contributed by atoms with Crippen molar-refractivity contribution in [2.24, 2.45) is 0 Å². The topological polar surface area (TPSA) is 119 Å². The second kappa shape index (κ2) is 5.62. The standard InChI is InChI=1S/C14H13FN2O7/c15-14(13(19)20)1-2-16(7-14)12(18)8-5-10-11(24-4-3-23-10)6-9(8)17(21)22/h5-6H,1-4,7H2,(H,19,20). The number of carbonyl (C=O) groups excluding carboxylic acids is 1. The Balaban J connectivity index is 1.95. The van der Waals surface area contributed by atoms with Gasteiger partial charge >= 0.3 is 5.97 Å². The van der Waals surface area contributed by atoms with E-state index in [1.165, 1.54) is 6.07 Å². The number of rotatable bonds is 3. The first-order chi connectivity index (χ1) is 11.3. The number of likely N-dealkylation sites (tertiary alicyclic amines) is 1. The molecular formula is C14H13FN2O7. The fourth-order valence-corrected chi connectivity index (χ4v) is 2.69. The minimum Gasteiger partial charge on any atom is -0.486 e. The van der Waals surface area contributed by atoms with E-state index in [2.05, 4.69) is 0 Å². The summed E-state index contributed by atoms with van der Waals surface area (Å²) in [5.74, 6) is -2.15. The van der Waals surface area contributed by atoms with Crippen molar-refractivity contribution in [2.45, 2.75) is 12.1 Å². The SMILES string of the molecule is O=C(c1cc2c(cc1[N+](=O)[O-])OCCO2)N1CCC(F)(C(=O)O)C1. The smallest absolute Gasteiger partial charge is 0.343 e. The van der Waals surface area contributed by atoms with E-state index in [0.29, 0.717) is 0 Å². The molecule has 1 amide bonds. The molecule has 9 nitrogen and oxygen atoms in total. The van der Waals surface area contributed by atoms with Gasteiger partial charge in [0.15, 0.2) is 11.5 Å². The zero-order valence-corrected chi connectivity index (χ0v) is 12.4. The molecule has 24 heavy (non-hydrogen) atoms. The Morgan fingerprint density at radius 3 is 2.46 bits per heavy atom. The highest BCUT2D eigenvalue weighted by molar-refractivity contribution is 5.99. The number of benzene rings is 1. The lowest BCUT2D eigenvalue weighted by molar-refractivity contribution is -0.385. The van der Waals surface area contributed by atoms with Gasteiger partial charge in [-0.25, -0.2) is 9.18 Å². The van der Waals surface area contributed by atoms with Crippen LogP contribution in [-0.4, -0.2) is 58.8 Å². The molecule has 0 aliphatic carbocycles.